The number of thiophene rings is 1. The molecule has 2 aromatic heterocycles. The van der Waals surface area contributed by atoms with Crippen LogP contribution in [0, 0.1) is 10.1 Å². The van der Waals surface area contributed by atoms with Crippen LogP contribution < -0.4 is 5.32 Å². The predicted molar refractivity (Wildman–Crippen MR) is 124 cm³/mol. The molecule has 2 aromatic carbocycles. The predicted octanol–water partition coefficient (Wildman–Crippen LogP) is 4.52. The zero-order chi connectivity index (χ0) is 23.5. The van der Waals surface area contributed by atoms with Crippen LogP contribution >= 0.6 is 23.1 Å². The fraction of sp³-hybridized carbons (Fsp3) is 0.143. The first-order valence-electron chi connectivity index (χ1n) is 9.68. The van der Waals surface area contributed by atoms with Gasteiger partial charge in [-0.05, 0) is 60.5 Å². The van der Waals surface area contributed by atoms with Gasteiger partial charge in [-0.3, -0.25) is 14.9 Å². The highest BCUT2D eigenvalue weighted by Crippen LogP contribution is 2.34. The number of anilines is 1. The highest BCUT2D eigenvalue weighted by Gasteiger charge is 2.20. The van der Waals surface area contributed by atoms with Crippen molar-refractivity contribution < 1.29 is 19.2 Å². The Bertz CT molecular complexity index is 1380. The van der Waals surface area contributed by atoms with Gasteiger partial charge in [-0.25, -0.2) is 4.79 Å². The largest absolute Gasteiger partial charge is 0.462 e. The van der Waals surface area contributed by atoms with Gasteiger partial charge in [0.25, 0.3) is 11.6 Å². The number of carbonyl (C=O) groups excluding carboxylic acids is 2. The summed E-state index contributed by atoms with van der Waals surface area (Å²) in [6.07, 6.45) is 1.50. The van der Waals surface area contributed by atoms with Crippen LogP contribution in [-0.4, -0.2) is 38.2 Å². The van der Waals surface area contributed by atoms with Crippen molar-refractivity contribution in [3.05, 3.63) is 69.3 Å². The standard InChI is InChI=1S/C21H17N5O5S2/c1-3-31-20(28)18-10-13-8-14(5-7-16(13)32-18)23-19(27)12-4-6-17(15(9-12)26(29)30)33-21-24-22-11-25(21)2/h4-11H,3H2,1-2H3,(H,23,27). The normalized spacial score (nSPS) is 10.8. The van der Waals surface area contributed by atoms with Crippen LogP contribution in [0.15, 0.2) is 58.8 Å². The molecule has 0 bridgehead atoms. The molecule has 4 aromatic rings. The van der Waals surface area contributed by atoms with Crippen LogP contribution in [0.1, 0.15) is 27.0 Å². The van der Waals surface area contributed by atoms with E-state index in [9.17, 15) is 19.7 Å². The molecule has 0 unspecified atom stereocenters. The second-order valence-corrected chi connectivity index (χ2v) is 8.90. The topological polar surface area (TPSA) is 129 Å². The minimum atomic E-state index is -0.538. The summed E-state index contributed by atoms with van der Waals surface area (Å²) in [7, 11) is 1.73. The lowest BCUT2D eigenvalue weighted by Crippen LogP contribution is -2.12. The number of hydrogen-bond acceptors (Lipinski definition) is 9. The maximum Gasteiger partial charge on any atom is 0.348 e. The fourth-order valence-electron chi connectivity index (χ4n) is 2.98. The first kappa shape index (κ1) is 22.4. The van der Waals surface area contributed by atoms with E-state index in [4.69, 9.17) is 4.74 Å². The molecule has 0 aliphatic rings. The van der Waals surface area contributed by atoms with Crippen LogP contribution in [0.3, 0.4) is 0 Å². The Balaban J connectivity index is 1.55. The summed E-state index contributed by atoms with van der Waals surface area (Å²) in [5.41, 5.74) is 0.436. The molecule has 0 aliphatic carbocycles. The van der Waals surface area contributed by atoms with E-state index in [2.05, 4.69) is 15.5 Å². The number of aryl methyl sites for hydroxylation is 1. The third kappa shape index (κ3) is 4.86. The number of nitro groups is 1. The smallest absolute Gasteiger partial charge is 0.348 e. The minimum Gasteiger partial charge on any atom is -0.462 e. The van der Waals surface area contributed by atoms with Crippen molar-refractivity contribution in [3.8, 4) is 0 Å². The van der Waals surface area contributed by atoms with Crippen LogP contribution in [0.5, 0.6) is 0 Å². The van der Waals surface area contributed by atoms with Gasteiger partial charge in [0.15, 0.2) is 5.16 Å². The first-order valence-corrected chi connectivity index (χ1v) is 11.3. The zero-order valence-corrected chi connectivity index (χ0v) is 19.1. The number of esters is 1. The van der Waals surface area contributed by atoms with E-state index in [1.165, 1.54) is 35.9 Å². The van der Waals surface area contributed by atoms with E-state index in [-0.39, 0.29) is 17.9 Å². The molecule has 0 spiro atoms. The molecule has 33 heavy (non-hydrogen) atoms. The second kappa shape index (κ2) is 9.38. The van der Waals surface area contributed by atoms with Crippen molar-refractivity contribution in [1.82, 2.24) is 14.8 Å². The van der Waals surface area contributed by atoms with E-state index in [1.807, 2.05) is 0 Å². The zero-order valence-electron chi connectivity index (χ0n) is 17.5. The maximum atomic E-state index is 12.8. The van der Waals surface area contributed by atoms with Gasteiger partial charge in [0.2, 0.25) is 0 Å². The van der Waals surface area contributed by atoms with Crippen molar-refractivity contribution in [2.45, 2.75) is 17.0 Å². The van der Waals surface area contributed by atoms with Gasteiger partial charge in [0.05, 0.1) is 16.4 Å². The van der Waals surface area contributed by atoms with Gasteiger partial charge in [-0.15, -0.1) is 21.5 Å². The summed E-state index contributed by atoms with van der Waals surface area (Å²) in [6, 6.07) is 11.2. The molecule has 0 saturated heterocycles. The molecule has 168 valence electrons. The third-order valence-corrected chi connectivity index (χ3v) is 6.75. The Kier molecular flexibility index (Phi) is 6.38. The Morgan fingerprint density at radius 2 is 2.06 bits per heavy atom. The van der Waals surface area contributed by atoms with Crippen LogP contribution in [-0.2, 0) is 11.8 Å². The first-order chi connectivity index (χ1) is 15.9. The van der Waals surface area contributed by atoms with E-state index >= 15 is 0 Å². The molecular formula is C21H17N5O5S2. The molecule has 12 heteroatoms. The highest BCUT2D eigenvalue weighted by molar-refractivity contribution is 7.99. The van der Waals surface area contributed by atoms with Crippen LogP contribution in [0.2, 0.25) is 0 Å². The number of carbonyl (C=O) groups is 2. The Morgan fingerprint density at radius 3 is 2.76 bits per heavy atom. The quantitative estimate of drug-likeness (QED) is 0.231. The number of nitrogens with zero attached hydrogens (tertiary/aromatic N) is 4. The lowest BCUT2D eigenvalue weighted by atomic mass is 10.1. The maximum absolute atomic E-state index is 12.8. The van der Waals surface area contributed by atoms with Crippen molar-refractivity contribution >= 4 is 56.4 Å². The van der Waals surface area contributed by atoms with Crippen molar-refractivity contribution in [2.75, 3.05) is 11.9 Å². The molecule has 4 rings (SSSR count). The van der Waals surface area contributed by atoms with E-state index in [0.29, 0.717) is 20.6 Å². The van der Waals surface area contributed by atoms with Crippen molar-refractivity contribution in [2.24, 2.45) is 7.05 Å². The fourth-order valence-corrected chi connectivity index (χ4v) is 4.76. The monoisotopic (exact) mass is 483 g/mol. The molecule has 0 radical (unpaired) electrons. The molecule has 2 heterocycles. The third-order valence-electron chi connectivity index (χ3n) is 4.54. The number of ether oxygens (including phenoxy) is 1. The lowest BCUT2D eigenvalue weighted by Gasteiger charge is -2.07. The van der Waals surface area contributed by atoms with E-state index < -0.39 is 16.8 Å². The summed E-state index contributed by atoms with van der Waals surface area (Å²) in [6.45, 7) is 2.03. The van der Waals surface area contributed by atoms with Crippen LogP contribution in [0.4, 0.5) is 11.4 Å². The summed E-state index contributed by atoms with van der Waals surface area (Å²) in [5, 5.41) is 23.3. The Labute approximate surface area is 195 Å². The van der Waals surface area contributed by atoms with E-state index in [1.54, 1.807) is 42.8 Å². The molecule has 10 nitrogen and oxygen atoms in total. The summed E-state index contributed by atoms with van der Waals surface area (Å²) >= 11 is 2.39. The average Bonchev–Trinajstić information content (AvgIpc) is 3.39. The van der Waals surface area contributed by atoms with Gasteiger partial charge in [0.1, 0.15) is 11.2 Å². The summed E-state index contributed by atoms with van der Waals surface area (Å²) in [5.74, 6) is -0.885. The molecule has 0 fully saturated rings. The molecule has 1 amide bonds. The van der Waals surface area contributed by atoms with Gasteiger partial charge in [0, 0.05) is 29.1 Å². The molecule has 0 atom stereocenters. The van der Waals surface area contributed by atoms with Crippen LogP contribution in [0.25, 0.3) is 10.1 Å². The summed E-state index contributed by atoms with van der Waals surface area (Å²) < 4.78 is 7.54. The molecule has 1 N–H and O–H groups in total. The molecular weight excluding hydrogens is 466 g/mol. The Morgan fingerprint density at radius 1 is 1.24 bits per heavy atom. The van der Waals surface area contributed by atoms with Gasteiger partial charge >= 0.3 is 5.97 Å². The molecule has 0 saturated carbocycles. The number of nitrogens with one attached hydrogen (secondary N) is 1. The van der Waals surface area contributed by atoms with E-state index in [0.717, 1.165) is 21.8 Å². The number of amides is 1. The number of hydrogen-bond donors (Lipinski definition) is 1. The summed E-state index contributed by atoms with van der Waals surface area (Å²) in [4.78, 5) is 36.6. The number of benzene rings is 2. The second-order valence-electron chi connectivity index (χ2n) is 6.80. The SMILES string of the molecule is CCOC(=O)c1cc2cc(NC(=O)c3ccc(Sc4nncn4C)c([N+](=O)[O-])c3)ccc2s1. The van der Waals surface area contributed by atoms with Gasteiger partial charge in [-0.2, -0.15) is 0 Å². The lowest BCUT2D eigenvalue weighted by molar-refractivity contribution is -0.387. The Hall–Kier alpha value is -3.77. The number of nitro benzene ring substituents is 1. The van der Waals surface area contributed by atoms with Gasteiger partial charge in [-0.1, -0.05) is 0 Å². The van der Waals surface area contributed by atoms with Gasteiger partial charge < -0.3 is 14.6 Å². The number of aromatic nitrogens is 3. The number of rotatable bonds is 7. The van der Waals surface area contributed by atoms with Crippen molar-refractivity contribution in [3.63, 3.8) is 0 Å². The molecule has 0 aliphatic heterocycles. The number of fused-ring (bicyclic) bond motifs is 1. The average molecular weight is 484 g/mol. The van der Waals surface area contributed by atoms with Crippen molar-refractivity contribution in [1.29, 1.82) is 0 Å². The minimum absolute atomic E-state index is 0.140. The highest BCUT2D eigenvalue weighted by atomic mass is 32.2.